The molecule has 1 atom stereocenters. The molecule has 1 unspecified atom stereocenters. The second kappa shape index (κ2) is 4.05. The largest absolute Gasteiger partial charge is 0.117 e. The van der Waals surface area contributed by atoms with Gasteiger partial charge in [0, 0.05) is 4.47 Å². The maximum Gasteiger partial charge on any atom is 0.0619 e. The van der Waals surface area contributed by atoms with Crippen molar-refractivity contribution in [1.29, 1.82) is 0 Å². The zero-order valence-corrected chi connectivity index (χ0v) is 11.1. The lowest BCUT2D eigenvalue weighted by molar-refractivity contribution is 0.803. The third-order valence-corrected chi connectivity index (χ3v) is 4.52. The van der Waals surface area contributed by atoms with E-state index in [4.69, 9.17) is 11.6 Å². The Morgan fingerprint density at radius 1 is 1.06 bits per heavy atom. The number of halogens is 2. The molecule has 0 bridgehead atoms. The highest BCUT2D eigenvalue weighted by molar-refractivity contribution is 9.10. The van der Waals surface area contributed by atoms with Crippen LogP contribution in [0, 0.1) is 5.92 Å². The van der Waals surface area contributed by atoms with E-state index < -0.39 is 0 Å². The van der Waals surface area contributed by atoms with E-state index in [1.165, 1.54) is 29.2 Å². The first-order chi connectivity index (χ1) is 7.77. The van der Waals surface area contributed by atoms with Crippen molar-refractivity contribution in [2.45, 2.75) is 18.2 Å². The normalized spacial score (nSPS) is 17.6. The molecule has 16 heavy (non-hydrogen) atoms. The smallest absolute Gasteiger partial charge is 0.0619 e. The van der Waals surface area contributed by atoms with Crippen LogP contribution < -0.4 is 0 Å². The lowest BCUT2D eigenvalue weighted by Crippen LogP contribution is -1.94. The van der Waals surface area contributed by atoms with Gasteiger partial charge in [0.2, 0.25) is 0 Å². The molecule has 2 heteroatoms. The van der Waals surface area contributed by atoms with Crippen LogP contribution in [0.25, 0.3) is 10.8 Å². The van der Waals surface area contributed by atoms with Crippen molar-refractivity contribution >= 4 is 38.3 Å². The van der Waals surface area contributed by atoms with Gasteiger partial charge in [-0.2, -0.15) is 0 Å². The van der Waals surface area contributed by atoms with Crippen molar-refractivity contribution in [3.8, 4) is 0 Å². The van der Waals surface area contributed by atoms with Crippen LogP contribution in [0.5, 0.6) is 0 Å². The van der Waals surface area contributed by atoms with Crippen LogP contribution in [0.4, 0.5) is 0 Å². The van der Waals surface area contributed by atoms with Crippen LogP contribution in [-0.4, -0.2) is 0 Å². The SMILES string of the molecule is ClC(c1ccc(Br)c2ccccc12)C1CC1. The molecule has 0 nitrogen and oxygen atoms in total. The zero-order chi connectivity index (χ0) is 11.1. The van der Waals surface area contributed by atoms with Gasteiger partial charge in [-0.25, -0.2) is 0 Å². The van der Waals surface area contributed by atoms with Crippen LogP contribution >= 0.6 is 27.5 Å². The van der Waals surface area contributed by atoms with Gasteiger partial charge in [0.25, 0.3) is 0 Å². The van der Waals surface area contributed by atoms with Crippen LogP contribution in [0.1, 0.15) is 23.8 Å². The van der Waals surface area contributed by atoms with Crippen molar-refractivity contribution in [2.75, 3.05) is 0 Å². The van der Waals surface area contributed by atoms with E-state index in [2.05, 4.69) is 52.3 Å². The van der Waals surface area contributed by atoms with Crippen molar-refractivity contribution in [1.82, 2.24) is 0 Å². The predicted octanol–water partition coefficient (Wildman–Crippen LogP) is 5.29. The molecule has 0 aliphatic heterocycles. The fourth-order valence-corrected chi connectivity index (χ4v) is 3.09. The Kier molecular flexibility index (Phi) is 2.68. The van der Waals surface area contributed by atoms with Crippen molar-refractivity contribution in [2.24, 2.45) is 5.92 Å². The number of hydrogen-bond acceptors (Lipinski definition) is 0. The molecule has 0 saturated heterocycles. The van der Waals surface area contributed by atoms with E-state index >= 15 is 0 Å². The number of fused-ring (bicyclic) bond motifs is 1. The Labute approximate surface area is 109 Å². The fraction of sp³-hybridized carbons (Fsp3) is 0.286. The molecule has 0 radical (unpaired) electrons. The lowest BCUT2D eigenvalue weighted by atomic mass is 10.00. The summed E-state index contributed by atoms with van der Waals surface area (Å²) in [4.78, 5) is 0. The maximum atomic E-state index is 6.52. The molecule has 0 amide bonds. The molecule has 1 saturated carbocycles. The Hall–Kier alpha value is -0.530. The standard InChI is InChI=1S/C14H12BrCl/c15-13-8-7-12(14(16)9-5-6-9)10-3-1-2-4-11(10)13/h1-4,7-9,14H,5-6H2. The Morgan fingerprint density at radius 3 is 2.44 bits per heavy atom. The van der Waals surface area contributed by atoms with Gasteiger partial charge in [-0.1, -0.05) is 46.3 Å². The highest BCUT2D eigenvalue weighted by Crippen LogP contribution is 2.47. The van der Waals surface area contributed by atoms with Gasteiger partial charge in [0.15, 0.2) is 0 Å². The highest BCUT2D eigenvalue weighted by Gasteiger charge is 2.31. The summed E-state index contributed by atoms with van der Waals surface area (Å²) >= 11 is 10.1. The quantitative estimate of drug-likeness (QED) is 0.660. The van der Waals surface area contributed by atoms with Crippen molar-refractivity contribution < 1.29 is 0 Å². The highest BCUT2D eigenvalue weighted by atomic mass is 79.9. The Balaban J connectivity index is 2.20. The Morgan fingerprint density at radius 2 is 1.75 bits per heavy atom. The van der Waals surface area contributed by atoms with Crippen molar-refractivity contribution in [3.63, 3.8) is 0 Å². The van der Waals surface area contributed by atoms with Crippen LogP contribution in [0.15, 0.2) is 40.9 Å². The molecule has 0 aromatic heterocycles. The minimum atomic E-state index is 0.179. The first-order valence-electron chi connectivity index (χ1n) is 5.58. The number of rotatable bonds is 2. The van der Waals surface area contributed by atoms with Gasteiger partial charge in [0.1, 0.15) is 0 Å². The number of alkyl halides is 1. The minimum Gasteiger partial charge on any atom is -0.117 e. The predicted molar refractivity (Wildman–Crippen MR) is 73.0 cm³/mol. The molecular weight excluding hydrogens is 284 g/mol. The summed E-state index contributed by atoms with van der Waals surface area (Å²) in [5, 5.41) is 2.72. The van der Waals surface area contributed by atoms with E-state index in [-0.39, 0.29) is 5.38 Å². The van der Waals surface area contributed by atoms with Gasteiger partial charge in [-0.15, -0.1) is 11.6 Å². The summed E-state index contributed by atoms with van der Waals surface area (Å²) in [7, 11) is 0. The first-order valence-corrected chi connectivity index (χ1v) is 6.81. The summed E-state index contributed by atoms with van der Waals surface area (Å²) in [6.45, 7) is 0. The second-order valence-electron chi connectivity index (χ2n) is 4.42. The molecule has 2 aromatic carbocycles. The molecule has 82 valence electrons. The third kappa shape index (κ3) is 1.76. The third-order valence-electron chi connectivity index (χ3n) is 3.24. The topological polar surface area (TPSA) is 0 Å². The second-order valence-corrected chi connectivity index (χ2v) is 5.75. The zero-order valence-electron chi connectivity index (χ0n) is 8.79. The van der Waals surface area contributed by atoms with Crippen molar-refractivity contribution in [3.05, 3.63) is 46.4 Å². The van der Waals surface area contributed by atoms with E-state index in [9.17, 15) is 0 Å². The van der Waals surface area contributed by atoms with E-state index in [1.807, 2.05) is 0 Å². The average Bonchev–Trinajstić information content (AvgIpc) is 3.13. The summed E-state index contributed by atoms with van der Waals surface area (Å²) < 4.78 is 1.14. The molecule has 3 rings (SSSR count). The molecule has 2 aromatic rings. The lowest BCUT2D eigenvalue weighted by Gasteiger charge is -2.12. The molecule has 0 heterocycles. The summed E-state index contributed by atoms with van der Waals surface area (Å²) in [5.74, 6) is 0.686. The Bertz CT molecular complexity index is 531. The van der Waals surface area contributed by atoms with Gasteiger partial charge in [0.05, 0.1) is 5.38 Å². The summed E-state index contributed by atoms with van der Waals surface area (Å²) in [5.41, 5.74) is 1.28. The fourth-order valence-electron chi connectivity index (χ4n) is 2.17. The molecule has 0 spiro atoms. The van der Waals surface area contributed by atoms with Gasteiger partial charge in [-0.05, 0) is 41.2 Å². The number of benzene rings is 2. The monoisotopic (exact) mass is 294 g/mol. The van der Waals surface area contributed by atoms with Crippen LogP contribution in [0.2, 0.25) is 0 Å². The maximum absolute atomic E-state index is 6.52. The van der Waals surface area contributed by atoms with E-state index in [0.717, 1.165) is 4.47 Å². The van der Waals surface area contributed by atoms with E-state index in [1.54, 1.807) is 0 Å². The first kappa shape index (κ1) is 10.6. The van der Waals surface area contributed by atoms with E-state index in [0.29, 0.717) is 5.92 Å². The summed E-state index contributed by atoms with van der Waals surface area (Å²) in [6, 6.07) is 12.7. The van der Waals surface area contributed by atoms with Crippen LogP contribution in [0.3, 0.4) is 0 Å². The molecule has 1 aliphatic carbocycles. The van der Waals surface area contributed by atoms with Gasteiger partial charge >= 0.3 is 0 Å². The van der Waals surface area contributed by atoms with Gasteiger partial charge < -0.3 is 0 Å². The molecule has 0 N–H and O–H groups in total. The molecular formula is C14H12BrCl. The number of hydrogen-bond donors (Lipinski definition) is 0. The van der Waals surface area contributed by atoms with Crippen LogP contribution in [-0.2, 0) is 0 Å². The average molecular weight is 296 g/mol. The molecule has 1 aliphatic rings. The molecule has 1 fully saturated rings. The minimum absolute atomic E-state index is 0.179. The summed E-state index contributed by atoms with van der Waals surface area (Å²) in [6.07, 6.45) is 2.55. The van der Waals surface area contributed by atoms with Gasteiger partial charge in [-0.3, -0.25) is 0 Å².